The van der Waals surface area contributed by atoms with Crippen molar-refractivity contribution in [2.75, 3.05) is 0 Å². The lowest BCUT2D eigenvalue weighted by molar-refractivity contribution is 0.0314. The summed E-state index contributed by atoms with van der Waals surface area (Å²) in [5, 5.41) is 0.852. The highest BCUT2D eigenvalue weighted by atomic mass is 31.2. The standard InChI is InChI=1S/C30H26F4O4P2/c31-21-5-13-25(14-6-21)39(35,26-15-7-22(32)8-16-26)37-29-3-1-2-4-30(29)38-40(36,27-17-9-23(33)10-18-27)28-19-11-24(34)12-20-28/h5-20,29-30H,1-4H2/t29-,30-/m0/s1. The van der Waals surface area contributed by atoms with Crippen molar-refractivity contribution in [2.24, 2.45) is 0 Å². The van der Waals surface area contributed by atoms with Gasteiger partial charge in [0, 0.05) is 21.2 Å². The summed E-state index contributed by atoms with van der Waals surface area (Å²) in [6.07, 6.45) is 0.671. The lowest BCUT2D eigenvalue weighted by atomic mass is 9.95. The highest BCUT2D eigenvalue weighted by Gasteiger charge is 2.41. The molecular formula is C30H26F4O4P2. The molecule has 5 rings (SSSR count). The minimum Gasteiger partial charge on any atom is -0.316 e. The Labute approximate surface area is 229 Å². The maximum Gasteiger partial charge on any atom is 0.261 e. The van der Waals surface area contributed by atoms with Crippen molar-refractivity contribution in [3.05, 3.63) is 120 Å². The molecule has 2 atom stereocenters. The third kappa shape index (κ3) is 6.01. The molecule has 0 spiro atoms. The SMILES string of the molecule is O=P(O[C@H]1CCCC[C@@H]1OP(=O)(c1ccc(F)cc1)c1ccc(F)cc1)(c1ccc(F)cc1)c1ccc(F)cc1. The summed E-state index contributed by atoms with van der Waals surface area (Å²) in [5.74, 6) is -2.08. The van der Waals surface area contributed by atoms with Crippen LogP contribution in [0.2, 0.25) is 0 Å². The molecule has 0 saturated heterocycles. The molecule has 10 heteroatoms. The third-order valence-electron chi connectivity index (χ3n) is 6.88. The number of rotatable bonds is 8. The lowest BCUT2D eigenvalue weighted by Crippen LogP contribution is -2.37. The van der Waals surface area contributed by atoms with Gasteiger partial charge in [-0.15, -0.1) is 0 Å². The summed E-state index contributed by atoms with van der Waals surface area (Å²) in [4.78, 5) is 0. The van der Waals surface area contributed by atoms with E-state index in [4.69, 9.17) is 9.05 Å². The third-order valence-corrected chi connectivity index (χ3v) is 11.9. The fourth-order valence-corrected chi connectivity index (χ4v) is 9.27. The van der Waals surface area contributed by atoms with Gasteiger partial charge in [-0.25, -0.2) is 17.6 Å². The molecule has 0 heterocycles. The minimum absolute atomic E-state index is 0.213. The van der Waals surface area contributed by atoms with E-state index in [9.17, 15) is 26.7 Å². The number of halogens is 4. The molecule has 208 valence electrons. The fraction of sp³-hybridized carbons (Fsp3) is 0.200. The van der Waals surface area contributed by atoms with E-state index in [1.807, 2.05) is 0 Å². The van der Waals surface area contributed by atoms with Crippen molar-refractivity contribution >= 4 is 36.0 Å². The monoisotopic (exact) mass is 588 g/mol. The van der Waals surface area contributed by atoms with Crippen LogP contribution >= 0.6 is 14.7 Å². The largest absolute Gasteiger partial charge is 0.316 e. The van der Waals surface area contributed by atoms with E-state index in [-0.39, 0.29) is 21.2 Å². The topological polar surface area (TPSA) is 52.6 Å². The Bertz CT molecular complexity index is 1330. The van der Waals surface area contributed by atoms with Crippen molar-refractivity contribution < 1.29 is 35.7 Å². The van der Waals surface area contributed by atoms with Gasteiger partial charge >= 0.3 is 0 Å². The average molecular weight is 588 g/mol. The maximum atomic E-state index is 14.6. The van der Waals surface area contributed by atoms with E-state index in [0.717, 1.165) is 12.8 Å². The Morgan fingerprint density at radius 3 is 0.900 bits per heavy atom. The second kappa shape index (κ2) is 11.8. The van der Waals surface area contributed by atoms with E-state index in [2.05, 4.69) is 0 Å². The molecule has 1 fully saturated rings. The molecule has 1 aliphatic carbocycles. The van der Waals surface area contributed by atoms with Gasteiger partial charge in [0.05, 0.1) is 12.2 Å². The van der Waals surface area contributed by atoms with Crippen LogP contribution in [0.5, 0.6) is 0 Å². The van der Waals surface area contributed by atoms with E-state index in [0.29, 0.717) is 12.8 Å². The second-order valence-corrected chi connectivity index (χ2v) is 14.3. The predicted molar refractivity (Wildman–Crippen MR) is 148 cm³/mol. The van der Waals surface area contributed by atoms with Crippen LogP contribution in [0.3, 0.4) is 0 Å². The van der Waals surface area contributed by atoms with E-state index < -0.39 is 50.2 Å². The van der Waals surface area contributed by atoms with Gasteiger partial charge in [0.15, 0.2) is 0 Å². The van der Waals surface area contributed by atoms with Crippen molar-refractivity contribution in [2.45, 2.75) is 37.9 Å². The zero-order chi connectivity index (χ0) is 28.3. The van der Waals surface area contributed by atoms with Gasteiger partial charge in [-0.05, 0) is 110 Å². The Balaban J connectivity index is 1.53. The van der Waals surface area contributed by atoms with Gasteiger partial charge in [-0.2, -0.15) is 0 Å². The summed E-state index contributed by atoms with van der Waals surface area (Å²) in [6, 6.07) is 20.2. The van der Waals surface area contributed by atoms with Gasteiger partial charge in [-0.1, -0.05) is 12.8 Å². The van der Waals surface area contributed by atoms with Crippen LogP contribution in [0, 0.1) is 23.3 Å². The Kier molecular flexibility index (Phi) is 8.44. The van der Waals surface area contributed by atoms with Crippen molar-refractivity contribution in [3.8, 4) is 0 Å². The maximum absolute atomic E-state index is 14.6. The molecule has 0 bridgehead atoms. The van der Waals surface area contributed by atoms with Gasteiger partial charge in [-0.3, -0.25) is 9.13 Å². The second-order valence-electron chi connectivity index (χ2n) is 9.58. The minimum atomic E-state index is -3.89. The van der Waals surface area contributed by atoms with Crippen LogP contribution in [0.25, 0.3) is 0 Å². The van der Waals surface area contributed by atoms with Crippen LogP contribution in [0.4, 0.5) is 17.6 Å². The predicted octanol–water partition coefficient (Wildman–Crippen LogP) is 6.75. The van der Waals surface area contributed by atoms with Crippen molar-refractivity contribution in [1.82, 2.24) is 0 Å². The molecule has 0 radical (unpaired) electrons. The van der Waals surface area contributed by atoms with E-state index in [1.165, 1.54) is 97.1 Å². The molecule has 0 unspecified atom stereocenters. The molecule has 0 N–H and O–H groups in total. The van der Waals surface area contributed by atoms with Gasteiger partial charge in [0.1, 0.15) is 23.3 Å². The molecule has 1 saturated carbocycles. The first-order chi connectivity index (χ1) is 19.2. The Morgan fingerprint density at radius 1 is 0.450 bits per heavy atom. The molecule has 0 aliphatic heterocycles. The Hall–Kier alpha value is -3.02. The summed E-state index contributed by atoms with van der Waals surface area (Å²) in [5.41, 5.74) is 0. The first kappa shape index (κ1) is 28.5. The summed E-state index contributed by atoms with van der Waals surface area (Å²) < 4.78 is 96.7. The van der Waals surface area contributed by atoms with Crippen LogP contribution in [0.15, 0.2) is 97.1 Å². The smallest absolute Gasteiger partial charge is 0.261 e. The highest BCUT2D eigenvalue weighted by molar-refractivity contribution is 7.74. The average Bonchev–Trinajstić information content (AvgIpc) is 2.95. The van der Waals surface area contributed by atoms with E-state index in [1.54, 1.807) is 0 Å². The zero-order valence-corrected chi connectivity index (χ0v) is 23.0. The van der Waals surface area contributed by atoms with Crippen molar-refractivity contribution in [3.63, 3.8) is 0 Å². The first-order valence-corrected chi connectivity index (χ1v) is 16.0. The van der Waals surface area contributed by atoms with Gasteiger partial charge in [0.2, 0.25) is 0 Å². The molecule has 40 heavy (non-hydrogen) atoms. The molecule has 0 amide bonds. The quantitative estimate of drug-likeness (QED) is 0.169. The molecular weight excluding hydrogens is 562 g/mol. The fourth-order valence-electron chi connectivity index (χ4n) is 4.78. The zero-order valence-electron chi connectivity index (χ0n) is 21.3. The molecule has 1 aliphatic rings. The lowest BCUT2D eigenvalue weighted by Gasteiger charge is -2.36. The first-order valence-electron chi connectivity index (χ1n) is 12.8. The number of hydrogen-bond acceptors (Lipinski definition) is 4. The molecule has 4 nitrogen and oxygen atoms in total. The van der Waals surface area contributed by atoms with E-state index >= 15 is 0 Å². The number of benzene rings is 4. The summed E-state index contributed by atoms with van der Waals surface area (Å²) in [6.45, 7) is 0. The molecule has 0 aromatic heterocycles. The number of hydrogen-bond donors (Lipinski definition) is 0. The summed E-state index contributed by atoms with van der Waals surface area (Å²) >= 11 is 0. The highest BCUT2D eigenvalue weighted by Crippen LogP contribution is 2.52. The van der Waals surface area contributed by atoms with Crippen molar-refractivity contribution in [1.29, 1.82) is 0 Å². The molecule has 4 aromatic rings. The normalized spacial score (nSPS) is 18.0. The van der Waals surface area contributed by atoms with Crippen LogP contribution in [-0.4, -0.2) is 12.2 Å². The van der Waals surface area contributed by atoms with Crippen LogP contribution in [0.1, 0.15) is 25.7 Å². The van der Waals surface area contributed by atoms with Crippen LogP contribution in [-0.2, 0) is 18.2 Å². The summed E-state index contributed by atoms with van der Waals surface area (Å²) in [7, 11) is -7.79. The Morgan fingerprint density at radius 2 is 0.675 bits per heavy atom. The molecule has 4 aromatic carbocycles. The van der Waals surface area contributed by atoms with Crippen LogP contribution < -0.4 is 21.2 Å². The van der Waals surface area contributed by atoms with Gasteiger partial charge < -0.3 is 9.05 Å². The van der Waals surface area contributed by atoms with Gasteiger partial charge in [0.25, 0.3) is 14.7 Å².